The van der Waals surface area contributed by atoms with Gasteiger partial charge in [0.05, 0.1) is 11.1 Å². The molecule has 0 saturated carbocycles. The van der Waals surface area contributed by atoms with Crippen molar-refractivity contribution < 1.29 is 48.3 Å². The highest BCUT2D eigenvalue weighted by molar-refractivity contribution is 5.97. The van der Waals surface area contributed by atoms with Gasteiger partial charge in [-0.3, -0.25) is 9.59 Å². The molecule has 10 heteroatoms. The van der Waals surface area contributed by atoms with Gasteiger partial charge in [-0.2, -0.15) is 0 Å². The molecule has 10 nitrogen and oxygen atoms in total. The molecule has 0 fully saturated rings. The molecule has 0 aliphatic carbocycles. The van der Waals surface area contributed by atoms with Crippen molar-refractivity contribution in [3.05, 3.63) is 108 Å². The Balaban J connectivity index is 0.850. The summed E-state index contributed by atoms with van der Waals surface area (Å²) in [5, 5.41) is 18.8. The van der Waals surface area contributed by atoms with Gasteiger partial charge in [0.25, 0.3) is 0 Å². The standard InChI is InChI=1S/C50H62O10/c51-41-27-35-45(36-28-41)57-43-31-23-39(24-32-43)49(55)59-47(53)21-19-17-15-13-11-9-7-5-3-1-2-4-6-8-10-12-14-16-18-20-22-48(54)60-50(56)40-25-33-44(34-26-40)58-46-37-29-42(52)30-38-46/h23-38,51-52H,1-22H2. The number of rotatable bonds is 29. The van der Waals surface area contributed by atoms with Crippen molar-refractivity contribution in [3.8, 4) is 34.5 Å². The van der Waals surface area contributed by atoms with E-state index in [0.29, 0.717) is 23.0 Å². The van der Waals surface area contributed by atoms with Crippen LogP contribution in [-0.4, -0.2) is 34.1 Å². The second kappa shape index (κ2) is 27.9. The van der Waals surface area contributed by atoms with Crippen molar-refractivity contribution in [1.82, 2.24) is 0 Å². The fourth-order valence-electron chi connectivity index (χ4n) is 6.77. The van der Waals surface area contributed by atoms with E-state index >= 15 is 0 Å². The number of esters is 4. The number of phenolic OH excluding ortho intramolecular Hbond substituents is 2. The topological polar surface area (TPSA) is 146 Å². The Morgan fingerprint density at radius 3 is 0.783 bits per heavy atom. The number of aromatic hydroxyl groups is 2. The molecule has 4 aromatic carbocycles. The molecule has 4 rings (SSSR count). The van der Waals surface area contributed by atoms with E-state index in [-0.39, 0.29) is 35.5 Å². The van der Waals surface area contributed by atoms with Crippen LogP contribution in [0.15, 0.2) is 97.1 Å². The first-order valence-electron chi connectivity index (χ1n) is 21.9. The van der Waals surface area contributed by atoms with Crippen molar-refractivity contribution >= 4 is 23.9 Å². The third kappa shape index (κ3) is 19.9. The molecule has 60 heavy (non-hydrogen) atoms. The smallest absolute Gasteiger partial charge is 0.345 e. The molecule has 0 heterocycles. The molecule has 2 N–H and O–H groups in total. The Kier molecular flexibility index (Phi) is 21.9. The number of benzene rings is 4. The number of hydrogen-bond acceptors (Lipinski definition) is 10. The maximum atomic E-state index is 12.3. The van der Waals surface area contributed by atoms with Crippen molar-refractivity contribution in [3.63, 3.8) is 0 Å². The molecule has 0 unspecified atom stereocenters. The number of hydrogen-bond donors (Lipinski definition) is 2. The van der Waals surface area contributed by atoms with Gasteiger partial charge in [-0.05, 0) is 110 Å². The van der Waals surface area contributed by atoms with Crippen LogP contribution in [0, 0.1) is 0 Å². The molecular weight excluding hydrogens is 761 g/mol. The van der Waals surface area contributed by atoms with E-state index in [4.69, 9.17) is 18.9 Å². The molecule has 322 valence electrons. The van der Waals surface area contributed by atoms with Gasteiger partial charge in [-0.1, -0.05) is 116 Å². The van der Waals surface area contributed by atoms with Crippen LogP contribution in [-0.2, 0) is 19.1 Å². The van der Waals surface area contributed by atoms with Gasteiger partial charge >= 0.3 is 23.9 Å². The lowest BCUT2D eigenvalue weighted by Crippen LogP contribution is -2.12. The minimum Gasteiger partial charge on any atom is -0.508 e. The Bertz CT molecular complexity index is 1700. The quantitative estimate of drug-likeness (QED) is 0.0308. The van der Waals surface area contributed by atoms with E-state index in [2.05, 4.69) is 0 Å². The highest BCUT2D eigenvalue weighted by atomic mass is 16.6. The summed E-state index contributed by atoms with van der Waals surface area (Å²) in [7, 11) is 0. The number of ether oxygens (including phenoxy) is 4. The fraction of sp³-hybridized carbons (Fsp3) is 0.440. The summed E-state index contributed by atoms with van der Waals surface area (Å²) in [6.45, 7) is 0. The largest absolute Gasteiger partial charge is 0.508 e. The SMILES string of the molecule is O=C(CCCCCCCCCCCCCCCCCCCCCCC(=O)OC(=O)c1ccc(Oc2ccc(O)cc2)cc1)OC(=O)c1ccc(Oc2ccc(O)cc2)cc1. The average Bonchev–Trinajstić information content (AvgIpc) is 3.24. The van der Waals surface area contributed by atoms with Crippen LogP contribution in [0.5, 0.6) is 34.5 Å². The van der Waals surface area contributed by atoms with Gasteiger partial charge in [0.15, 0.2) is 0 Å². The van der Waals surface area contributed by atoms with Gasteiger partial charge in [0.2, 0.25) is 0 Å². The minimum atomic E-state index is -0.662. The molecule has 0 aliphatic rings. The van der Waals surface area contributed by atoms with E-state index in [1.54, 1.807) is 72.8 Å². The van der Waals surface area contributed by atoms with Crippen LogP contribution in [0.25, 0.3) is 0 Å². The summed E-state index contributed by atoms with van der Waals surface area (Å²) >= 11 is 0. The van der Waals surface area contributed by atoms with Crippen molar-refractivity contribution in [2.45, 2.75) is 141 Å². The van der Waals surface area contributed by atoms with Crippen LogP contribution in [0.2, 0.25) is 0 Å². The zero-order valence-corrected chi connectivity index (χ0v) is 35.0. The van der Waals surface area contributed by atoms with Crippen LogP contribution in [0.3, 0.4) is 0 Å². The summed E-state index contributed by atoms with van der Waals surface area (Å²) in [5.74, 6) is 0.148. The van der Waals surface area contributed by atoms with Gasteiger partial charge in [0, 0.05) is 12.8 Å². The Morgan fingerprint density at radius 1 is 0.317 bits per heavy atom. The molecule has 0 amide bonds. The summed E-state index contributed by atoms with van der Waals surface area (Å²) in [4.78, 5) is 49.0. The predicted molar refractivity (Wildman–Crippen MR) is 232 cm³/mol. The van der Waals surface area contributed by atoms with Crippen LogP contribution < -0.4 is 9.47 Å². The monoisotopic (exact) mass is 822 g/mol. The lowest BCUT2D eigenvalue weighted by molar-refractivity contribution is -0.139. The summed E-state index contributed by atoms with van der Waals surface area (Å²) < 4.78 is 21.4. The summed E-state index contributed by atoms with van der Waals surface area (Å²) in [5.41, 5.74) is 0.569. The number of carbonyl (C=O) groups is 4. The van der Waals surface area contributed by atoms with E-state index in [1.807, 2.05) is 0 Å². The molecule has 0 radical (unpaired) electrons. The number of unbranched alkanes of at least 4 members (excludes halogenated alkanes) is 19. The van der Waals surface area contributed by atoms with Crippen molar-refractivity contribution in [2.75, 3.05) is 0 Å². The van der Waals surface area contributed by atoms with E-state index < -0.39 is 23.9 Å². The summed E-state index contributed by atoms with van der Waals surface area (Å²) in [6, 6.07) is 25.4. The first-order valence-corrected chi connectivity index (χ1v) is 21.9. The molecule has 0 bridgehead atoms. The molecule has 4 aromatic rings. The molecule has 0 aliphatic heterocycles. The van der Waals surface area contributed by atoms with E-state index in [0.717, 1.165) is 38.5 Å². The van der Waals surface area contributed by atoms with Gasteiger partial charge in [0.1, 0.15) is 34.5 Å². The average molecular weight is 823 g/mol. The summed E-state index contributed by atoms with van der Waals surface area (Å²) in [6.07, 6.45) is 23.7. The highest BCUT2D eigenvalue weighted by Crippen LogP contribution is 2.26. The number of phenols is 2. The Hall–Kier alpha value is -5.64. The van der Waals surface area contributed by atoms with Gasteiger partial charge < -0.3 is 29.2 Å². The fourth-order valence-corrected chi connectivity index (χ4v) is 6.77. The van der Waals surface area contributed by atoms with Crippen molar-refractivity contribution in [2.24, 2.45) is 0 Å². The molecule has 0 aromatic heterocycles. The minimum absolute atomic E-state index is 0.149. The first-order chi connectivity index (χ1) is 29.2. The van der Waals surface area contributed by atoms with Crippen LogP contribution >= 0.6 is 0 Å². The van der Waals surface area contributed by atoms with E-state index in [9.17, 15) is 29.4 Å². The van der Waals surface area contributed by atoms with Gasteiger partial charge in [-0.25, -0.2) is 9.59 Å². The predicted octanol–water partition coefficient (Wildman–Crippen LogP) is 13.3. The van der Waals surface area contributed by atoms with Crippen molar-refractivity contribution in [1.29, 1.82) is 0 Å². The maximum Gasteiger partial charge on any atom is 0.345 e. The molecule has 0 spiro atoms. The van der Waals surface area contributed by atoms with Crippen LogP contribution in [0.1, 0.15) is 162 Å². The van der Waals surface area contributed by atoms with Gasteiger partial charge in [-0.15, -0.1) is 0 Å². The highest BCUT2D eigenvalue weighted by Gasteiger charge is 2.15. The molecular formula is C50H62O10. The lowest BCUT2D eigenvalue weighted by Gasteiger charge is -2.07. The normalized spacial score (nSPS) is 10.9. The molecule has 0 atom stereocenters. The van der Waals surface area contributed by atoms with Crippen LogP contribution in [0.4, 0.5) is 0 Å². The zero-order valence-electron chi connectivity index (χ0n) is 35.0. The third-order valence-corrected chi connectivity index (χ3v) is 10.2. The zero-order chi connectivity index (χ0) is 42.6. The molecule has 0 saturated heterocycles. The third-order valence-electron chi connectivity index (χ3n) is 10.2. The Morgan fingerprint density at radius 2 is 0.533 bits per heavy atom. The van der Waals surface area contributed by atoms with E-state index in [1.165, 1.54) is 114 Å². The first kappa shape index (κ1) is 47.0. The lowest BCUT2D eigenvalue weighted by atomic mass is 10.0. The second-order valence-corrected chi connectivity index (χ2v) is 15.3. The Labute approximate surface area is 355 Å². The number of carbonyl (C=O) groups excluding carboxylic acids is 4. The second-order valence-electron chi connectivity index (χ2n) is 15.3. The maximum absolute atomic E-state index is 12.3.